The van der Waals surface area contributed by atoms with Crippen LogP contribution in [0.1, 0.15) is 12.8 Å². The average Bonchev–Trinajstić information content (AvgIpc) is 3.02. The zero-order valence-corrected chi connectivity index (χ0v) is 10.9. The van der Waals surface area contributed by atoms with Gasteiger partial charge in [0.1, 0.15) is 0 Å². The monoisotopic (exact) mass is 256 g/mol. The van der Waals surface area contributed by atoms with Gasteiger partial charge in [0.15, 0.2) is 5.82 Å². The number of rotatable bonds is 3. The van der Waals surface area contributed by atoms with Crippen LogP contribution >= 0.6 is 0 Å². The highest BCUT2D eigenvalue weighted by molar-refractivity contribution is 5.59. The predicted molar refractivity (Wildman–Crippen MR) is 73.3 cm³/mol. The van der Waals surface area contributed by atoms with Crippen molar-refractivity contribution in [2.45, 2.75) is 12.8 Å². The third kappa shape index (κ3) is 2.50. The van der Waals surface area contributed by atoms with Crippen molar-refractivity contribution in [2.75, 3.05) is 25.1 Å². The lowest BCUT2D eigenvalue weighted by Gasteiger charge is -2.15. The summed E-state index contributed by atoms with van der Waals surface area (Å²) in [5.41, 5.74) is 1.78. The molecule has 0 amide bonds. The molecule has 0 N–H and O–H groups in total. The number of hydrogen-bond donors (Lipinski definition) is 0. The molecule has 0 saturated carbocycles. The number of methoxy groups -OCH3 is 1. The summed E-state index contributed by atoms with van der Waals surface area (Å²) in [5, 5.41) is 8.57. The van der Waals surface area contributed by atoms with Gasteiger partial charge in [-0.3, -0.25) is 0 Å². The normalized spacial score (nSPS) is 14.7. The number of hydrogen-bond acceptors (Lipinski definition) is 5. The molecule has 2 aromatic rings. The molecule has 3 heterocycles. The van der Waals surface area contributed by atoms with E-state index in [1.54, 1.807) is 13.3 Å². The summed E-state index contributed by atoms with van der Waals surface area (Å²) in [6, 6.07) is 7.78. The molecule has 5 nitrogen and oxygen atoms in total. The molecular weight excluding hydrogens is 240 g/mol. The van der Waals surface area contributed by atoms with Gasteiger partial charge in [-0.2, -0.15) is 0 Å². The van der Waals surface area contributed by atoms with E-state index in [4.69, 9.17) is 4.74 Å². The fourth-order valence-corrected chi connectivity index (χ4v) is 2.25. The molecule has 0 radical (unpaired) electrons. The summed E-state index contributed by atoms with van der Waals surface area (Å²) < 4.78 is 5.04. The minimum absolute atomic E-state index is 0.602. The van der Waals surface area contributed by atoms with Gasteiger partial charge >= 0.3 is 0 Å². The summed E-state index contributed by atoms with van der Waals surface area (Å²) in [4.78, 5) is 6.44. The topological polar surface area (TPSA) is 51.1 Å². The van der Waals surface area contributed by atoms with Gasteiger partial charge in [0, 0.05) is 30.9 Å². The van der Waals surface area contributed by atoms with Crippen LogP contribution in [-0.4, -0.2) is 35.4 Å². The Labute approximate surface area is 112 Å². The summed E-state index contributed by atoms with van der Waals surface area (Å²) in [7, 11) is 1.60. The Kier molecular flexibility index (Phi) is 3.27. The molecular formula is C14H16N4O. The fourth-order valence-electron chi connectivity index (χ4n) is 2.25. The van der Waals surface area contributed by atoms with E-state index in [0.29, 0.717) is 5.88 Å². The van der Waals surface area contributed by atoms with Gasteiger partial charge in [-0.05, 0) is 31.0 Å². The highest BCUT2D eigenvalue weighted by atomic mass is 16.5. The average molecular weight is 256 g/mol. The first kappa shape index (κ1) is 11.9. The van der Waals surface area contributed by atoms with Gasteiger partial charge in [-0.1, -0.05) is 0 Å². The van der Waals surface area contributed by atoms with Gasteiger partial charge in [0.05, 0.1) is 12.8 Å². The van der Waals surface area contributed by atoms with Crippen LogP contribution in [0.3, 0.4) is 0 Å². The van der Waals surface area contributed by atoms with E-state index in [9.17, 15) is 0 Å². The van der Waals surface area contributed by atoms with Crippen molar-refractivity contribution in [2.24, 2.45) is 0 Å². The first-order chi connectivity index (χ1) is 9.36. The number of aromatic nitrogens is 3. The molecule has 19 heavy (non-hydrogen) atoms. The molecule has 1 fully saturated rings. The number of nitrogens with zero attached hydrogens (tertiary/aromatic N) is 4. The quantitative estimate of drug-likeness (QED) is 0.842. The Hall–Kier alpha value is -2.17. The second-order valence-electron chi connectivity index (χ2n) is 4.56. The van der Waals surface area contributed by atoms with Crippen LogP contribution in [0.15, 0.2) is 30.5 Å². The van der Waals surface area contributed by atoms with E-state index in [0.717, 1.165) is 30.2 Å². The maximum Gasteiger partial charge on any atom is 0.212 e. The lowest BCUT2D eigenvalue weighted by Crippen LogP contribution is -2.19. The molecule has 0 unspecified atom stereocenters. The van der Waals surface area contributed by atoms with E-state index >= 15 is 0 Å². The molecule has 1 aliphatic heterocycles. The molecule has 0 atom stereocenters. The van der Waals surface area contributed by atoms with Crippen LogP contribution in [0.4, 0.5) is 5.82 Å². The second-order valence-corrected chi connectivity index (χ2v) is 4.56. The highest BCUT2D eigenvalue weighted by Crippen LogP contribution is 2.21. The van der Waals surface area contributed by atoms with E-state index < -0.39 is 0 Å². The van der Waals surface area contributed by atoms with Gasteiger partial charge < -0.3 is 9.64 Å². The van der Waals surface area contributed by atoms with Crippen LogP contribution < -0.4 is 9.64 Å². The van der Waals surface area contributed by atoms with Crippen molar-refractivity contribution >= 4 is 5.82 Å². The SMILES string of the molecule is COc1ccc(-c2ccc(N3CCCC3)nn2)cn1. The van der Waals surface area contributed by atoms with Crippen LogP contribution in [0.2, 0.25) is 0 Å². The van der Waals surface area contributed by atoms with Crippen molar-refractivity contribution < 1.29 is 4.74 Å². The van der Waals surface area contributed by atoms with Crippen molar-refractivity contribution in [3.63, 3.8) is 0 Å². The Balaban J connectivity index is 1.80. The van der Waals surface area contributed by atoms with Crippen molar-refractivity contribution in [3.8, 4) is 17.1 Å². The maximum atomic E-state index is 5.04. The van der Waals surface area contributed by atoms with Crippen LogP contribution in [0.25, 0.3) is 11.3 Å². The van der Waals surface area contributed by atoms with Crippen molar-refractivity contribution in [1.29, 1.82) is 0 Å². The van der Waals surface area contributed by atoms with Gasteiger partial charge in [-0.15, -0.1) is 10.2 Å². The fraction of sp³-hybridized carbons (Fsp3) is 0.357. The number of anilines is 1. The Morgan fingerprint density at radius 2 is 1.89 bits per heavy atom. The molecule has 5 heteroatoms. The molecule has 0 aromatic carbocycles. The van der Waals surface area contributed by atoms with E-state index in [2.05, 4.69) is 20.1 Å². The Bertz CT molecular complexity index is 532. The molecule has 0 bridgehead atoms. The Morgan fingerprint density at radius 3 is 2.47 bits per heavy atom. The third-order valence-electron chi connectivity index (χ3n) is 3.32. The summed E-state index contributed by atoms with van der Waals surface area (Å²) in [6.07, 6.45) is 4.23. The summed E-state index contributed by atoms with van der Waals surface area (Å²) >= 11 is 0. The third-order valence-corrected chi connectivity index (χ3v) is 3.32. The number of ether oxygens (including phenoxy) is 1. The largest absolute Gasteiger partial charge is 0.481 e. The molecule has 1 saturated heterocycles. The molecule has 0 spiro atoms. The van der Waals surface area contributed by atoms with Gasteiger partial charge in [0.2, 0.25) is 5.88 Å². The molecule has 1 aliphatic rings. The van der Waals surface area contributed by atoms with Crippen LogP contribution in [0.5, 0.6) is 5.88 Å². The summed E-state index contributed by atoms with van der Waals surface area (Å²) in [5.74, 6) is 1.56. The first-order valence-electron chi connectivity index (χ1n) is 6.46. The van der Waals surface area contributed by atoms with E-state index in [-0.39, 0.29) is 0 Å². The lowest BCUT2D eigenvalue weighted by molar-refractivity contribution is 0.398. The van der Waals surface area contributed by atoms with Crippen LogP contribution in [-0.2, 0) is 0 Å². The first-order valence-corrected chi connectivity index (χ1v) is 6.46. The second kappa shape index (κ2) is 5.22. The minimum atomic E-state index is 0.602. The molecule has 2 aromatic heterocycles. The maximum absolute atomic E-state index is 5.04. The highest BCUT2D eigenvalue weighted by Gasteiger charge is 2.13. The zero-order chi connectivity index (χ0) is 13.1. The van der Waals surface area contributed by atoms with Crippen molar-refractivity contribution in [1.82, 2.24) is 15.2 Å². The summed E-state index contributed by atoms with van der Waals surface area (Å²) in [6.45, 7) is 2.16. The zero-order valence-electron chi connectivity index (χ0n) is 10.9. The van der Waals surface area contributed by atoms with E-state index in [1.165, 1.54) is 12.8 Å². The van der Waals surface area contributed by atoms with Crippen molar-refractivity contribution in [3.05, 3.63) is 30.5 Å². The smallest absolute Gasteiger partial charge is 0.212 e. The molecule has 3 rings (SSSR count). The Morgan fingerprint density at radius 1 is 1.05 bits per heavy atom. The standard InChI is InChI=1S/C14H16N4O/c1-19-14-7-4-11(10-15-14)12-5-6-13(17-16-12)18-8-2-3-9-18/h4-7,10H,2-3,8-9H2,1H3. The van der Waals surface area contributed by atoms with Gasteiger partial charge in [-0.25, -0.2) is 4.98 Å². The predicted octanol–water partition coefficient (Wildman–Crippen LogP) is 2.15. The van der Waals surface area contributed by atoms with Gasteiger partial charge in [0.25, 0.3) is 0 Å². The minimum Gasteiger partial charge on any atom is -0.481 e. The van der Waals surface area contributed by atoms with Crippen LogP contribution in [0, 0.1) is 0 Å². The lowest BCUT2D eigenvalue weighted by atomic mass is 10.2. The van der Waals surface area contributed by atoms with E-state index in [1.807, 2.05) is 24.3 Å². The molecule has 0 aliphatic carbocycles. The molecule has 98 valence electrons. The number of pyridine rings is 1.